The fourth-order valence-electron chi connectivity index (χ4n) is 3.18. The molecule has 3 aromatic carbocycles. The van der Waals surface area contributed by atoms with Gasteiger partial charge in [-0.2, -0.15) is 0 Å². The summed E-state index contributed by atoms with van der Waals surface area (Å²) in [5.74, 6) is 6.41. The van der Waals surface area contributed by atoms with Crippen LogP contribution in [0, 0.1) is 11.8 Å². The third-order valence-corrected chi connectivity index (χ3v) is 4.89. The molecule has 3 aromatic rings. The summed E-state index contributed by atoms with van der Waals surface area (Å²) < 4.78 is 0. The fraction of sp³-hybridized carbons (Fsp3) is 0.231. The molecular formula is C26H27NO. The fourth-order valence-corrected chi connectivity index (χ4v) is 3.18. The minimum atomic E-state index is -1.32. The van der Waals surface area contributed by atoms with Crippen LogP contribution in [0.2, 0.25) is 0 Å². The largest absolute Gasteiger partial charge is 0.369 e. The molecule has 0 atom stereocenters. The van der Waals surface area contributed by atoms with Crippen LogP contribution in [0.4, 0.5) is 0 Å². The topological polar surface area (TPSA) is 23.5 Å². The normalized spacial score (nSPS) is 11.3. The number of rotatable bonds is 6. The van der Waals surface area contributed by atoms with E-state index in [0.717, 1.165) is 17.7 Å². The molecule has 2 heteroatoms. The van der Waals surface area contributed by atoms with Crippen LogP contribution in [0.1, 0.15) is 30.5 Å². The van der Waals surface area contributed by atoms with Crippen LogP contribution in [0.15, 0.2) is 91.0 Å². The Morgan fingerprint density at radius 1 is 0.786 bits per heavy atom. The third-order valence-electron chi connectivity index (χ3n) is 4.89. The smallest absolute Gasteiger partial charge is 0.176 e. The van der Waals surface area contributed by atoms with Crippen LogP contribution >= 0.6 is 0 Å². The second-order valence-corrected chi connectivity index (χ2v) is 7.23. The second kappa shape index (κ2) is 9.37. The summed E-state index contributed by atoms with van der Waals surface area (Å²) in [6.07, 6.45) is 0. The van der Waals surface area contributed by atoms with E-state index in [9.17, 15) is 5.11 Å². The van der Waals surface area contributed by atoms with Crippen molar-refractivity contribution in [2.24, 2.45) is 0 Å². The van der Waals surface area contributed by atoms with Gasteiger partial charge >= 0.3 is 0 Å². The summed E-state index contributed by atoms with van der Waals surface area (Å²) in [4.78, 5) is 2.30. The minimum Gasteiger partial charge on any atom is -0.369 e. The molecule has 0 amide bonds. The molecule has 0 aromatic heterocycles. The minimum absolute atomic E-state index is 0.357. The maximum absolute atomic E-state index is 11.5. The Hall–Kier alpha value is -2.86. The first-order chi connectivity index (χ1) is 13.6. The van der Waals surface area contributed by atoms with Crippen LogP contribution in [-0.4, -0.2) is 22.6 Å². The van der Waals surface area contributed by atoms with Gasteiger partial charge < -0.3 is 5.11 Å². The number of benzene rings is 3. The molecule has 28 heavy (non-hydrogen) atoms. The number of aliphatic hydroxyl groups is 1. The quantitative estimate of drug-likeness (QED) is 0.629. The molecule has 142 valence electrons. The van der Waals surface area contributed by atoms with Crippen LogP contribution < -0.4 is 0 Å². The maximum Gasteiger partial charge on any atom is 0.176 e. The molecule has 0 saturated carbocycles. The van der Waals surface area contributed by atoms with Crippen molar-refractivity contribution in [3.63, 3.8) is 0 Å². The third kappa shape index (κ3) is 4.89. The zero-order valence-electron chi connectivity index (χ0n) is 16.5. The number of hydrogen-bond donors (Lipinski definition) is 1. The van der Waals surface area contributed by atoms with Gasteiger partial charge in [-0.3, -0.25) is 4.90 Å². The van der Waals surface area contributed by atoms with E-state index in [-0.39, 0.29) is 0 Å². The molecule has 0 aliphatic rings. The average Bonchev–Trinajstić information content (AvgIpc) is 2.75. The zero-order chi connectivity index (χ0) is 19.8. The van der Waals surface area contributed by atoms with E-state index in [1.54, 1.807) is 0 Å². The monoisotopic (exact) mass is 369 g/mol. The summed E-state index contributed by atoms with van der Waals surface area (Å²) in [6, 6.07) is 30.1. The Bertz CT molecular complexity index is 869. The molecule has 0 aliphatic carbocycles. The van der Waals surface area contributed by atoms with E-state index in [2.05, 4.69) is 54.9 Å². The van der Waals surface area contributed by atoms with Crippen molar-refractivity contribution in [1.82, 2.24) is 4.90 Å². The molecule has 0 radical (unpaired) electrons. The van der Waals surface area contributed by atoms with E-state index >= 15 is 0 Å². The molecule has 3 rings (SSSR count). The molecule has 0 fully saturated rings. The van der Waals surface area contributed by atoms with Gasteiger partial charge in [0.1, 0.15) is 0 Å². The standard InChI is InChI=1S/C26H27NO/c1-22(2)27(21-23-13-6-3-7-14-23)20-12-19-26(28,24-15-8-4-9-16-24)25-17-10-5-11-18-25/h3-11,13-18,22,28H,20-21H2,1-2H3. The SMILES string of the molecule is CC(C)N(CC#CC(O)(c1ccccc1)c1ccccc1)Cc1ccccc1. The van der Waals surface area contributed by atoms with Crippen molar-refractivity contribution >= 4 is 0 Å². The lowest BCUT2D eigenvalue weighted by Crippen LogP contribution is -2.31. The van der Waals surface area contributed by atoms with Crippen LogP contribution in [0.5, 0.6) is 0 Å². The molecule has 0 bridgehead atoms. The Morgan fingerprint density at radius 3 is 1.71 bits per heavy atom. The molecule has 0 aliphatic heterocycles. The predicted octanol–water partition coefficient (Wildman–Crippen LogP) is 4.84. The highest BCUT2D eigenvalue weighted by Crippen LogP contribution is 2.28. The highest BCUT2D eigenvalue weighted by molar-refractivity contribution is 5.44. The lowest BCUT2D eigenvalue weighted by molar-refractivity contribution is 0.145. The lowest BCUT2D eigenvalue weighted by atomic mass is 9.87. The van der Waals surface area contributed by atoms with Crippen molar-refractivity contribution in [3.05, 3.63) is 108 Å². The van der Waals surface area contributed by atoms with Crippen LogP contribution in [0.25, 0.3) is 0 Å². The summed E-state index contributed by atoms with van der Waals surface area (Å²) in [6.45, 7) is 5.77. The summed E-state index contributed by atoms with van der Waals surface area (Å²) in [5, 5.41) is 11.5. The number of hydrogen-bond acceptors (Lipinski definition) is 2. The van der Waals surface area contributed by atoms with Gasteiger partial charge in [0.2, 0.25) is 0 Å². The first-order valence-corrected chi connectivity index (χ1v) is 9.71. The summed E-state index contributed by atoms with van der Waals surface area (Å²) in [7, 11) is 0. The first kappa shape index (κ1) is 19.9. The van der Waals surface area contributed by atoms with Crippen molar-refractivity contribution in [2.45, 2.75) is 32.0 Å². The van der Waals surface area contributed by atoms with Gasteiger partial charge in [-0.1, -0.05) is 103 Å². The highest BCUT2D eigenvalue weighted by atomic mass is 16.3. The Labute approximate surface area is 168 Å². The van der Waals surface area contributed by atoms with Gasteiger partial charge in [0.05, 0.1) is 6.54 Å². The van der Waals surface area contributed by atoms with E-state index in [1.807, 2.05) is 66.7 Å². The molecule has 0 spiro atoms. The Balaban J connectivity index is 1.86. The van der Waals surface area contributed by atoms with E-state index in [4.69, 9.17) is 0 Å². The van der Waals surface area contributed by atoms with Gasteiger partial charge in [0.15, 0.2) is 5.60 Å². The molecule has 1 N–H and O–H groups in total. The average molecular weight is 370 g/mol. The molecular weight excluding hydrogens is 342 g/mol. The van der Waals surface area contributed by atoms with E-state index in [1.165, 1.54) is 5.56 Å². The summed E-state index contributed by atoms with van der Waals surface area (Å²) >= 11 is 0. The van der Waals surface area contributed by atoms with Gasteiger partial charge in [-0.05, 0) is 19.4 Å². The van der Waals surface area contributed by atoms with Crippen LogP contribution in [0.3, 0.4) is 0 Å². The lowest BCUT2D eigenvalue weighted by Gasteiger charge is -2.26. The molecule has 2 nitrogen and oxygen atoms in total. The molecule has 0 saturated heterocycles. The summed E-state index contributed by atoms with van der Waals surface area (Å²) in [5.41, 5.74) is 1.51. The van der Waals surface area contributed by atoms with Gasteiger partial charge in [-0.15, -0.1) is 0 Å². The van der Waals surface area contributed by atoms with Gasteiger partial charge in [0.25, 0.3) is 0 Å². The number of nitrogens with zero attached hydrogens (tertiary/aromatic N) is 1. The van der Waals surface area contributed by atoms with Crippen molar-refractivity contribution in [3.8, 4) is 11.8 Å². The second-order valence-electron chi connectivity index (χ2n) is 7.23. The highest BCUT2D eigenvalue weighted by Gasteiger charge is 2.29. The molecule has 0 heterocycles. The Kier molecular flexibility index (Phi) is 6.66. The predicted molar refractivity (Wildman–Crippen MR) is 116 cm³/mol. The maximum atomic E-state index is 11.5. The molecule has 0 unspecified atom stereocenters. The van der Waals surface area contributed by atoms with Crippen LogP contribution in [-0.2, 0) is 12.1 Å². The van der Waals surface area contributed by atoms with Gasteiger partial charge in [0, 0.05) is 23.7 Å². The Morgan fingerprint density at radius 2 is 1.25 bits per heavy atom. The first-order valence-electron chi connectivity index (χ1n) is 9.71. The van der Waals surface area contributed by atoms with E-state index < -0.39 is 5.60 Å². The van der Waals surface area contributed by atoms with Gasteiger partial charge in [-0.25, -0.2) is 0 Å². The zero-order valence-corrected chi connectivity index (χ0v) is 16.5. The van der Waals surface area contributed by atoms with Crippen molar-refractivity contribution < 1.29 is 5.11 Å². The van der Waals surface area contributed by atoms with Crippen molar-refractivity contribution in [2.75, 3.05) is 6.54 Å². The van der Waals surface area contributed by atoms with Crippen molar-refractivity contribution in [1.29, 1.82) is 0 Å². The van der Waals surface area contributed by atoms with E-state index in [0.29, 0.717) is 12.6 Å².